The lowest BCUT2D eigenvalue weighted by molar-refractivity contribution is 0.187. The third kappa shape index (κ3) is 3.34. The summed E-state index contributed by atoms with van der Waals surface area (Å²) in [5.74, 6) is 3.54. The zero-order valence-electron chi connectivity index (χ0n) is 11.5. The van der Waals surface area contributed by atoms with Gasteiger partial charge in [-0.05, 0) is 48.5 Å². The summed E-state index contributed by atoms with van der Waals surface area (Å²) >= 11 is 0. The Morgan fingerprint density at radius 2 is 1.82 bits per heavy atom. The van der Waals surface area contributed by atoms with E-state index in [-0.39, 0.29) is 0 Å². The van der Waals surface area contributed by atoms with E-state index in [1.54, 1.807) is 0 Å². The van der Waals surface area contributed by atoms with Crippen molar-refractivity contribution in [1.82, 2.24) is 0 Å². The van der Waals surface area contributed by atoms with Gasteiger partial charge in [-0.2, -0.15) is 0 Å². The lowest BCUT2D eigenvalue weighted by atomic mass is 9.72. The molecule has 0 heterocycles. The Morgan fingerprint density at radius 3 is 2.47 bits per heavy atom. The first-order valence-corrected chi connectivity index (χ1v) is 7.21. The summed E-state index contributed by atoms with van der Waals surface area (Å²) < 4.78 is 0. The molecule has 0 N–H and O–H groups in total. The molecule has 0 saturated heterocycles. The van der Waals surface area contributed by atoms with Gasteiger partial charge in [0.15, 0.2) is 0 Å². The summed E-state index contributed by atoms with van der Waals surface area (Å²) in [6.07, 6.45) is 5.69. The predicted octanol–water partition coefficient (Wildman–Crippen LogP) is 5.25. The topological polar surface area (TPSA) is 0 Å². The molecule has 94 valence electrons. The molecule has 0 aliphatic heterocycles. The van der Waals surface area contributed by atoms with Crippen molar-refractivity contribution in [3.63, 3.8) is 0 Å². The minimum Gasteiger partial charge on any atom is -0.0625 e. The normalized spacial score (nSPS) is 31.1. The van der Waals surface area contributed by atoms with Gasteiger partial charge < -0.3 is 0 Å². The van der Waals surface area contributed by atoms with Crippen molar-refractivity contribution >= 4 is 0 Å². The van der Waals surface area contributed by atoms with Crippen molar-refractivity contribution in [2.75, 3.05) is 0 Å². The van der Waals surface area contributed by atoms with Crippen LogP contribution in [0.1, 0.15) is 57.9 Å². The fourth-order valence-electron chi connectivity index (χ4n) is 3.45. The largest absolute Gasteiger partial charge is 0.0625 e. The molecule has 1 saturated carbocycles. The SMILES string of the molecule is CC1CCC(CC(C)c2ccccc2)C(C)C1. The van der Waals surface area contributed by atoms with Gasteiger partial charge in [0, 0.05) is 0 Å². The monoisotopic (exact) mass is 230 g/mol. The first-order valence-electron chi connectivity index (χ1n) is 7.21. The Kier molecular flexibility index (Phi) is 4.25. The van der Waals surface area contributed by atoms with Crippen LogP contribution in [-0.4, -0.2) is 0 Å². The van der Waals surface area contributed by atoms with Gasteiger partial charge in [-0.1, -0.05) is 57.5 Å². The van der Waals surface area contributed by atoms with Gasteiger partial charge in [0.2, 0.25) is 0 Å². The Labute approximate surface area is 106 Å². The molecule has 1 aromatic carbocycles. The fraction of sp³-hybridized carbons (Fsp3) is 0.647. The molecule has 0 heteroatoms. The minimum absolute atomic E-state index is 0.719. The molecular formula is C17H26. The molecule has 0 aromatic heterocycles. The number of hydrogen-bond acceptors (Lipinski definition) is 0. The summed E-state index contributed by atoms with van der Waals surface area (Å²) in [5, 5.41) is 0. The maximum Gasteiger partial charge on any atom is -0.0188 e. The second-order valence-corrected chi connectivity index (χ2v) is 6.20. The van der Waals surface area contributed by atoms with Crippen LogP contribution in [0.25, 0.3) is 0 Å². The third-order valence-corrected chi connectivity index (χ3v) is 4.63. The van der Waals surface area contributed by atoms with Crippen molar-refractivity contribution in [2.24, 2.45) is 17.8 Å². The van der Waals surface area contributed by atoms with E-state index in [9.17, 15) is 0 Å². The van der Waals surface area contributed by atoms with Gasteiger partial charge in [0.05, 0.1) is 0 Å². The number of rotatable bonds is 3. The molecule has 0 amide bonds. The smallest absolute Gasteiger partial charge is 0.0188 e. The molecule has 1 aliphatic rings. The van der Waals surface area contributed by atoms with Crippen LogP contribution in [0, 0.1) is 17.8 Å². The second-order valence-electron chi connectivity index (χ2n) is 6.20. The van der Waals surface area contributed by atoms with E-state index >= 15 is 0 Å². The zero-order valence-corrected chi connectivity index (χ0v) is 11.5. The van der Waals surface area contributed by atoms with Gasteiger partial charge >= 0.3 is 0 Å². The van der Waals surface area contributed by atoms with Gasteiger partial charge in [-0.25, -0.2) is 0 Å². The summed E-state index contributed by atoms with van der Waals surface area (Å²) in [6, 6.07) is 11.0. The highest BCUT2D eigenvalue weighted by atomic mass is 14.3. The molecule has 4 unspecified atom stereocenters. The van der Waals surface area contributed by atoms with Gasteiger partial charge in [0.25, 0.3) is 0 Å². The molecular weight excluding hydrogens is 204 g/mol. The van der Waals surface area contributed by atoms with Crippen LogP contribution in [0.3, 0.4) is 0 Å². The van der Waals surface area contributed by atoms with Crippen LogP contribution < -0.4 is 0 Å². The van der Waals surface area contributed by atoms with Crippen molar-refractivity contribution in [1.29, 1.82) is 0 Å². The fourth-order valence-corrected chi connectivity index (χ4v) is 3.45. The summed E-state index contributed by atoms with van der Waals surface area (Å²) in [6.45, 7) is 7.26. The lowest BCUT2D eigenvalue weighted by Gasteiger charge is -2.34. The van der Waals surface area contributed by atoms with E-state index in [4.69, 9.17) is 0 Å². The molecule has 4 atom stereocenters. The average Bonchev–Trinajstić information content (AvgIpc) is 2.34. The highest BCUT2D eigenvalue weighted by molar-refractivity contribution is 5.18. The molecule has 1 aliphatic carbocycles. The quantitative estimate of drug-likeness (QED) is 0.665. The van der Waals surface area contributed by atoms with Crippen LogP contribution in [0.5, 0.6) is 0 Å². The maximum absolute atomic E-state index is 2.46. The Morgan fingerprint density at radius 1 is 1.12 bits per heavy atom. The molecule has 0 spiro atoms. The van der Waals surface area contributed by atoms with Gasteiger partial charge in [0.1, 0.15) is 0 Å². The zero-order chi connectivity index (χ0) is 12.3. The molecule has 2 rings (SSSR count). The molecule has 17 heavy (non-hydrogen) atoms. The Hall–Kier alpha value is -0.780. The standard InChI is InChI=1S/C17H26/c1-13-9-10-17(14(2)11-13)12-15(3)16-7-5-4-6-8-16/h4-8,13-15,17H,9-12H2,1-3H3. The van der Waals surface area contributed by atoms with E-state index in [0.29, 0.717) is 0 Å². The van der Waals surface area contributed by atoms with Crippen molar-refractivity contribution < 1.29 is 0 Å². The number of hydrogen-bond donors (Lipinski definition) is 0. The van der Waals surface area contributed by atoms with Crippen LogP contribution in [0.2, 0.25) is 0 Å². The van der Waals surface area contributed by atoms with E-state index in [1.807, 2.05) is 0 Å². The van der Waals surface area contributed by atoms with Gasteiger partial charge in [-0.15, -0.1) is 0 Å². The third-order valence-electron chi connectivity index (χ3n) is 4.63. The summed E-state index contributed by atoms with van der Waals surface area (Å²) in [7, 11) is 0. The van der Waals surface area contributed by atoms with Crippen molar-refractivity contribution in [3.8, 4) is 0 Å². The summed E-state index contributed by atoms with van der Waals surface area (Å²) in [4.78, 5) is 0. The maximum atomic E-state index is 2.46. The molecule has 0 bridgehead atoms. The summed E-state index contributed by atoms with van der Waals surface area (Å²) in [5.41, 5.74) is 1.51. The highest BCUT2D eigenvalue weighted by Gasteiger charge is 2.26. The van der Waals surface area contributed by atoms with Crippen LogP contribution >= 0.6 is 0 Å². The predicted molar refractivity (Wildman–Crippen MR) is 75.1 cm³/mol. The molecule has 1 aromatic rings. The van der Waals surface area contributed by atoms with Crippen LogP contribution in [0.4, 0.5) is 0 Å². The first kappa shape index (κ1) is 12.7. The Balaban J connectivity index is 1.93. The molecule has 0 radical (unpaired) electrons. The average molecular weight is 230 g/mol. The van der Waals surface area contributed by atoms with E-state index < -0.39 is 0 Å². The van der Waals surface area contributed by atoms with Crippen LogP contribution in [0.15, 0.2) is 30.3 Å². The molecule has 1 fully saturated rings. The van der Waals surface area contributed by atoms with E-state index in [1.165, 1.54) is 31.2 Å². The van der Waals surface area contributed by atoms with E-state index in [2.05, 4.69) is 51.1 Å². The second kappa shape index (κ2) is 5.71. The van der Waals surface area contributed by atoms with E-state index in [0.717, 1.165) is 23.7 Å². The lowest BCUT2D eigenvalue weighted by Crippen LogP contribution is -2.22. The number of benzene rings is 1. The molecule has 0 nitrogen and oxygen atoms in total. The van der Waals surface area contributed by atoms with Crippen molar-refractivity contribution in [2.45, 2.75) is 52.4 Å². The first-order chi connectivity index (χ1) is 8.16. The highest BCUT2D eigenvalue weighted by Crippen LogP contribution is 2.38. The van der Waals surface area contributed by atoms with Crippen LogP contribution in [-0.2, 0) is 0 Å². The van der Waals surface area contributed by atoms with Gasteiger partial charge in [-0.3, -0.25) is 0 Å². The minimum atomic E-state index is 0.719. The van der Waals surface area contributed by atoms with Crippen molar-refractivity contribution in [3.05, 3.63) is 35.9 Å². The Bertz CT molecular complexity index is 327.